The number of carbonyl (C=O) groups excluding carboxylic acids is 2. The van der Waals surface area contributed by atoms with Crippen LogP contribution in [0.1, 0.15) is 24.2 Å². The normalized spacial score (nSPS) is 15.4. The van der Waals surface area contributed by atoms with E-state index in [1.807, 2.05) is 13.8 Å². The van der Waals surface area contributed by atoms with Gasteiger partial charge in [0.15, 0.2) is 0 Å². The molecule has 1 fully saturated rings. The van der Waals surface area contributed by atoms with Crippen molar-refractivity contribution in [2.75, 3.05) is 31.1 Å². The maximum atomic E-state index is 13.0. The van der Waals surface area contributed by atoms with Gasteiger partial charge in [-0.15, -0.1) is 0 Å². The molecule has 148 valence electrons. The number of carbonyl (C=O) groups is 2. The summed E-state index contributed by atoms with van der Waals surface area (Å²) in [4.78, 5) is 38.0. The molecular weight excluding hydrogens is 378 g/mol. The average molecular weight is 402 g/mol. The van der Waals surface area contributed by atoms with Crippen LogP contribution in [0, 0.1) is 5.92 Å². The monoisotopic (exact) mass is 401 g/mol. The Labute approximate surface area is 169 Å². The smallest absolute Gasteiger partial charge is 0.251 e. The van der Waals surface area contributed by atoms with Crippen molar-refractivity contribution in [3.8, 4) is 0 Å². The maximum Gasteiger partial charge on any atom is 0.251 e. The summed E-state index contributed by atoms with van der Waals surface area (Å²) in [6, 6.07) is 7.82. The number of benzene rings is 1. The Morgan fingerprint density at radius 3 is 2.21 bits per heavy atom. The summed E-state index contributed by atoms with van der Waals surface area (Å²) >= 11 is 5.88. The molecule has 1 aliphatic rings. The van der Waals surface area contributed by atoms with Gasteiger partial charge in [-0.05, 0) is 36.2 Å². The average Bonchev–Trinajstić information content (AvgIpc) is 2.72. The molecule has 0 spiro atoms. The number of hydrogen-bond acceptors (Lipinski definition) is 5. The number of rotatable bonds is 5. The molecule has 1 aliphatic heterocycles. The van der Waals surface area contributed by atoms with Crippen LogP contribution in [0.25, 0.3) is 0 Å². The van der Waals surface area contributed by atoms with E-state index in [0.29, 0.717) is 42.7 Å². The summed E-state index contributed by atoms with van der Waals surface area (Å²) in [5.41, 5.74) is 0.480. The maximum absolute atomic E-state index is 13.0. The highest BCUT2D eigenvalue weighted by Crippen LogP contribution is 2.14. The molecule has 1 unspecified atom stereocenters. The number of aromatic nitrogens is 2. The fraction of sp³-hybridized carbons (Fsp3) is 0.400. The molecule has 28 heavy (non-hydrogen) atoms. The fourth-order valence-electron chi connectivity index (χ4n) is 3.12. The van der Waals surface area contributed by atoms with Crippen molar-refractivity contribution in [3.63, 3.8) is 0 Å². The molecule has 3 rings (SSSR count). The lowest BCUT2D eigenvalue weighted by Gasteiger charge is -2.37. The number of nitrogens with zero attached hydrogens (tertiary/aromatic N) is 4. The number of piperazine rings is 1. The number of halogens is 1. The number of nitrogens with one attached hydrogen (secondary N) is 1. The van der Waals surface area contributed by atoms with Crippen LogP contribution in [0.3, 0.4) is 0 Å². The SMILES string of the molecule is CC(C)C(NC(=O)c1ccc(Cl)cc1)C(=O)N1CCN(c2ncccn2)CC1. The Kier molecular flexibility index (Phi) is 6.46. The van der Waals surface area contributed by atoms with Crippen molar-refractivity contribution < 1.29 is 9.59 Å². The quantitative estimate of drug-likeness (QED) is 0.831. The Hall–Kier alpha value is -2.67. The Bertz CT molecular complexity index is 805. The van der Waals surface area contributed by atoms with Gasteiger partial charge in [0.2, 0.25) is 11.9 Å². The molecule has 2 aromatic rings. The second kappa shape index (κ2) is 9.01. The van der Waals surface area contributed by atoms with Crippen molar-refractivity contribution in [3.05, 3.63) is 53.3 Å². The molecule has 1 atom stereocenters. The first-order valence-corrected chi connectivity index (χ1v) is 9.70. The standard InChI is InChI=1S/C20H24ClN5O2/c1-14(2)17(24-18(27)15-4-6-16(21)7-5-15)19(28)25-10-12-26(13-11-25)20-22-8-3-9-23-20/h3-9,14,17H,10-13H2,1-2H3,(H,24,27). The molecule has 7 nitrogen and oxygen atoms in total. The van der Waals surface area contributed by atoms with Gasteiger partial charge in [0, 0.05) is 49.2 Å². The molecule has 1 aromatic carbocycles. The number of amides is 2. The van der Waals surface area contributed by atoms with Crippen LogP contribution < -0.4 is 10.2 Å². The van der Waals surface area contributed by atoms with Crippen LogP contribution in [-0.2, 0) is 4.79 Å². The summed E-state index contributed by atoms with van der Waals surface area (Å²) in [7, 11) is 0. The van der Waals surface area contributed by atoms with Gasteiger partial charge in [-0.25, -0.2) is 9.97 Å². The highest BCUT2D eigenvalue weighted by Gasteiger charge is 2.31. The summed E-state index contributed by atoms with van der Waals surface area (Å²) in [6.07, 6.45) is 3.42. The van der Waals surface area contributed by atoms with Gasteiger partial charge < -0.3 is 15.1 Å². The van der Waals surface area contributed by atoms with E-state index in [1.165, 1.54) is 0 Å². The zero-order valence-corrected chi connectivity index (χ0v) is 16.8. The van der Waals surface area contributed by atoms with Gasteiger partial charge in [-0.3, -0.25) is 9.59 Å². The van der Waals surface area contributed by atoms with Crippen LogP contribution in [0.15, 0.2) is 42.7 Å². The zero-order valence-electron chi connectivity index (χ0n) is 16.0. The molecule has 2 heterocycles. The van der Waals surface area contributed by atoms with Gasteiger partial charge in [-0.1, -0.05) is 25.4 Å². The third-order valence-corrected chi connectivity index (χ3v) is 5.00. The van der Waals surface area contributed by atoms with Crippen molar-refractivity contribution in [1.29, 1.82) is 0 Å². The predicted molar refractivity (Wildman–Crippen MR) is 108 cm³/mol. The van der Waals surface area contributed by atoms with Gasteiger partial charge in [0.05, 0.1) is 0 Å². The van der Waals surface area contributed by atoms with Crippen molar-refractivity contribution >= 4 is 29.4 Å². The third kappa shape index (κ3) is 4.78. The molecule has 2 amide bonds. The van der Waals surface area contributed by atoms with Crippen LogP contribution in [0.4, 0.5) is 5.95 Å². The summed E-state index contributed by atoms with van der Waals surface area (Å²) < 4.78 is 0. The first-order valence-electron chi connectivity index (χ1n) is 9.33. The number of anilines is 1. The topological polar surface area (TPSA) is 78.4 Å². The van der Waals surface area contributed by atoms with Crippen LogP contribution in [0.5, 0.6) is 0 Å². The number of hydrogen-bond donors (Lipinski definition) is 1. The van der Waals surface area contributed by atoms with Crippen molar-refractivity contribution in [2.24, 2.45) is 5.92 Å². The van der Waals surface area contributed by atoms with Crippen LogP contribution in [-0.4, -0.2) is 58.9 Å². The minimum Gasteiger partial charge on any atom is -0.340 e. The van der Waals surface area contributed by atoms with Gasteiger partial charge in [0.25, 0.3) is 5.91 Å². The molecule has 0 bridgehead atoms. The Morgan fingerprint density at radius 1 is 1.04 bits per heavy atom. The molecule has 0 radical (unpaired) electrons. The van der Waals surface area contributed by atoms with E-state index in [-0.39, 0.29) is 17.7 Å². The van der Waals surface area contributed by atoms with Crippen LogP contribution >= 0.6 is 11.6 Å². The lowest BCUT2D eigenvalue weighted by Crippen LogP contribution is -2.56. The second-order valence-corrected chi connectivity index (χ2v) is 7.50. The van der Waals surface area contributed by atoms with Gasteiger partial charge in [0.1, 0.15) is 6.04 Å². The molecule has 0 saturated carbocycles. The first kappa shape index (κ1) is 20.1. The molecule has 8 heteroatoms. The molecule has 0 aliphatic carbocycles. The van der Waals surface area contributed by atoms with Crippen LogP contribution in [0.2, 0.25) is 5.02 Å². The van der Waals surface area contributed by atoms with Gasteiger partial charge >= 0.3 is 0 Å². The molecule has 1 N–H and O–H groups in total. The zero-order chi connectivity index (χ0) is 20.1. The van der Waals surface area contributed by atoms with E-state index in [9.17, 15) is 9.59 Å². The molecular formula is C20H24ClN5O2. The minimum atomic E-state index is -0.581. The summed E-state index contributed by atoms with van der Waals surface area (Å²) in [5.74, 6) is 0.302. The second-order valence-electron chi connectivity index (χ2n) is 7.06. The summed E-state index contributed by atoms with van der Waals surface area (Å²) in [5, 5.41) is 3.44. The minimum absolute atomic E-state index is 0.0285. The third-order valence-electron chi connectivity index (χ3n) is 4.75. The van der Waals surface area contributed by atoms with E-state index in [2.05, 4.69) is 20.2 Å². The first-order chi connectivity index (χ1) is 13.5. The van der Waals surface area contributed by atoms with Crippen molar-refractivity contribution in [1.82, 2.24) is 20.2 Å². The highest BCUT2D eigenvalue weighted by atomic mass is 35.5. The van der Waals surface area contributed by atoms with E-state index < -0.39 is 6.04 Å². The summed E-state index contributed by atoms with van der Waals surface area (Å²) in [6.45, 7) is 6.31. The van der Waals surface area contributed by atoms with E-state index in [0.717, 1.165) is 0 Å². The largest absolute Gasteiger partial charge is 0.340 e. The van der Waals surface area contributed by atoms with E-state index >= 15 is 0 Å². The van der Waals surface area contributed by atoms with E-state index in [4.69, 9.17) is 11.6 Å². The lowest BCUT2D eigenvalue weighted by atomic mass is 10.0. The fourth-order valence-corrected chi connectivity index (χ4v) is 3.24. The molecule has 1 saturated heterocycles. The van der Waals surface area contributed by atoms with Gasteiger partial charge in [-0.2, -0.15) is 0 Å². The van der Waals surface area contributed by atoms with Crippen molar-refractivity contribution in [2.45, 2.75) is 19.9 Å². The lowest BCUT2D eigenvalue weighted by molar-refractivity contribution is -0.134. The molecule has 1 aromatic heterocycles. The Balaban J connectivity index is 1.62. The Morgan fingerprint density at radius 2 is 1.64 bits per heavy atom. The van der Waals surface area contributed by atoms with E-state index in [1.54, 1.807) is 47.6 Å². The highest BCUT2D eigenvalue weighted by molar-refractivity contribution is 6.30. The predicted octanol–water partition coefficient (Wildman–Crippen LogP) is 2.23.